The number of hydrogen-bond donors (Lipinski definition) is 0. The molecule has 0 saturated carbocycles. The summed E-state index contributed by atoms with van der Waals surface area (Å²) in [5.41, 5.74) is 13.8. The molecule has 247 valence electrons. The maximum atomic E-state index is 2.57. The minimum Gasteiger partial charge on any atom is -1.00 e. The van der Waals surface area contributed by atoms with Crippen LogP contribution >= 0.6 is 0 Å². The van der Waals surface area contributed by atoms with Gasteiger partial charge in [-0.2, -0.15) is 0 Å². The van der Waals surface area contributed by atoms with E-state index >= 15 is 0 Å². The first kappa shape index (κ1) is 38.4. The minimum atomic E-state index is -0.0710. The molecule has 4 aromatic carbocycles. The zero-order valence-corrected chi connectivity index (χ0v) is 34.2. The third-order valence-electron chi connectivity index (χ3n) is 9.90. The normalized spacial score (nSPS) is 13.7. The molecule has 0 amide bonds. The van der Waals surface area contributed by atoms with Crippen molar-refractivity contribution < 1.29 is 49.5 Å². The van der Waals surface area contributed by atoms with Crippen molar-refractivity contribution in [1.82, 2.24) is 0 Å². The van der Waals surface area contributed by atoms with E-state index in [1.165, 1.54) is 105 Å². The second-order valence-corrected chi connectivity index (χ2v) is 17.2. The summed E-state index contributed by atoms with van der Waals surface area (Å²) in [6.07, 6.45) is 7.92. The zero-order chi connectivity index (χ0) is 33.1. The third kappa shape index (κ3) is 7.08. The summed E-state index contributed by atoms with van der Waals surface area (Å²) < 4.78 is 1.48. The Morgan fingerprint density at radius 1 is 0.625 bits per heavy atom. The predicted molar refractivity (Wildman–Crippen MR) is 194 cm³/mol. The summed E-state index contributed by atoms with van der Waals surface area (Å²) in [6, 6.07) is 28.7. The third-order valence-corrected chi connectivity index (χ3v) is 11.2. The van der Waals surface area contributed by atoms with Gasteiger partial charge in [0.05, 0.1) is 0 Å². The molecule has 2 aliphatic rings. The molecule has 2 aliphatic carbocycles. The summed E-state index contributed by atoms with van der Waals surface area (Å²) >= 11 is 1.47. The zero-order valence-electron chi connectivity index (χ0n) is 30.3. The number of hydrogen-bond acceptors (Lipinski definition) is 0. The number of rotatable bonds is 5. The topological polar surface area (TPSA) is 0 Å². The van der Waals surface area contributed by atoms with Crippen LogP contribution in [0.25, 0.3) is 14.4 Å². The molecule has 3 heteroatoms. The summed E-state index contributed by atoms with van der Waals surface area (Å²) in [5.74, 6) is 0.991. The molecule has 0 spiro atoms. The molecule has 4 aromatic rings. The Labute approximate surface area is 316 Å². The Hall–Kier alpha value is -2.44. The van der Waals surface area contributed by atoms with E-state index in [-0.39, 0.29) is 35.6 Å². The van der Waals surface area contributed by atoms with Crippen LogP contribution < -0.4 is 35.3 Å². The van der Waals surface area contributed by atoms with Crippen molar-refractivity contribution >= 4 is 14.4 Å². The standard InChI is InChI=1S/C45H49.2ClH.Zr/c1-28(2)30-15-19-33(20-16-30)41(34-21-17-31(18-22-34)29(3)4)43-40(45(8,9)10)27-38-37-26-36(44(5,6)7)24-23-35(37)25-39(38)42(43)32-13-11-12-14-32;;;/h11-13,15-24,26-29H,14H2,1-10H3;2*1H;/q;;;+2/p-2. The molecule has 0 radical (unpaired) electrons. The number of fused-ring (bicyclic) bond motifs is 2. The Morgan fingerprint density at radius 3 is 1.60 bits per heavy atom. The monoisotopic (exact) mass is 749 g/mol. The molecule has 0 atom stereocenters. The van der Waals surface area contributed by atoms with Crippen LogP contribution in [0.5, 0.6) is 0 Å². The molecule has 0 nitrogen and oxygen atoms in total. The average Bonchev–Trinajstić information content (AvgIpc) is 3.63. The van der Waals surface area contributed by atoms with Gasteiger partial charge in [-0.05, 0) is 0 Å². The SMILES string of the molecule is CC(C)c1ccc(C(c2ccc(C(C)C)cc2)=c2c(C(C)(C)C)cc3c(c2C2=CC=CC2)[C]([Zr+2])=c2ccc(C(C)(C)C)cc2=3)cc1.[Cl-].[Cl-]. The molecule has 0 bridgehead atoms. The van der Waals surface area contributed by atoms with Crippen LogP contribution in [0.3, 0.4) is 0 Å². The van der Waals surface area contributed by atoms with Crippen LogP contribution in [0, 0.1) is 10.4 Å². The van der Waals surface area contributed by atoms with Crippen LogP contribution in [0.2, 0.25) is 0 Å². The van der Waals surface area contributed by atoms with E-state index in [4.69, 9.17) is 0 Å². The van der Waals surface area contributed by atoms with Crippen molar-refractivity contribution in [3.05, 3.63) is 156 Å². The number of benzene rings is 4. The van der Waals surface area contributed by atoms with Gasteiger partial charge in [-0.15, -0.1) is 0 Å². The van der Waals surface area contributed by atoms with Gasteiger partial charge in [-0.25, -0.2) is 0 Å². The Bertz CT molecular complexity index is 2060. The maximum Gasteiger partial charge on any atom is -1.00 e. The quantitative estimate of drug-likeness (QED) is 0.284. The fourth-order valence-electron chi connectivity index (χ4n) is 7.07. The largest absolute Gasteiger partial charge is 1.00 e. The summed E-state index contributed by atoms with van der Waals surface area (Å²) in [4.78, 5) is 0. The van der Waals surface area contributed by atoms with Gasteiger partial charge in [0.15, 0.2) is 0 Å². The van der Waals surface area contributed by atoms with Crippen molar-refractivity contribution in [3.8, 4) is 0 Å². The van der Waals surface area contributed by atoms with Gasteiger partial charge in [-0.3, -0.25) is 0 Å². The van der Waals surface area contributed by atoms with Crippen molar-refractivity contribution in [1.29, 1.82) is 0 Å². The van der Waals surface area contributed by atoms with Gasteiger partial charge in [0.2, 0.25) is 0 Å². The van der Waals surface area contributed by atoms with Crippen molar-refractivity contribution in [3.63, 3.8) is 0 Å². The number of halogens is 2. The molecule has 0 N–H and O–H groups in total. The van der Waals surface area contributed by atoms with E-state index in [2.05, 4.69) is 160 Å². The van der Waals surface area contributed by atoms with Crippen LogP contribution in [0.1, 0.15) is 132 Å². The fourth-order valence-corrected chi connectivity index (χ4v) is 8.25. The molecule has 0 aromatic heterocycles. The minimum absolute atomic E-state index is 0. The molecule has 6 rings (SSSR count). The summed E-state index contributed by atoms with van der Waals surface area (Å²) in [7, 11) is 0. The fraction of sp³-hybridized carbons (Fsp3) is 0.333. The molecular weight excluding hydrogens is 703 g/mol. The van der Waals surface area contributed by atoms with E-state index in [1.54, 1.807) is 0 Å². The van der Waals surface area contributed by atoms with Crippen molar-refractivity contribution in [2.24, 2.45) is 0 Å². The Kier molecular flexibility index (Phi) is 11.5. The summed E-state index contributed by atoms with van der Waals surface area (Å²) in [5, 5.41) is 5.63. The van der Waals surface area contributed by atoms with Crippen LogP contribution in [-0.4, -0.2) is 0 Å². The predicted octanol–water partition coefficient (Wildman–Crippen LogP) is 4.43. The van der Waals surface area contributed by atoms with E-state index in [0.717, 1.165) is 6.42 Å². The van der Waals surface area contributed by atoms with Gasteiger partial charge in [0.25, 0.3) is 0 Å². The van der Waals surface area contributed by atoms with Gasteiger partial charge < -0.3 is 24.8 Å². The van der Waals surface area contributed by atoms with Gasteiger partial charge in [-0.1, -0.05) is 0 Å². The maximum absolute atomic E-state index is 2.57. The molecule has 0 heterocycles. The molecule has 0 fully saturated rings. The number of allylic oxidation sites excluding steroid dienone is 4. The van der Waals surface area contributed by atoms with Gasteiger partial charge in [0.1, 0.15) is 0 Å². The van der Waals surface area contributed by atoms with Crippen LogP contribution in [0.4, 0.5) is 0 Å². The smallest absolute Gasteiger partial charge is 1.00 e. The Morgan fingerprint density at radius 2 is 1.17 bits per heavy atom. The van der Waals surface area contributed by atoms with E-state index < -0.39 is 0 Å². The van der Waals surface area contributed by atoms with E-state index in [0.29, 0.717) is 11.8 Å². The molecule has 0 aliphatic heterocycles. The van der Waals surface area contributed by atoms with E-state index in [1.807, 2.05) is 0 Å². The van der Waals surface area contributed by atoms with Gasteiger partial charge >= 0.3 is 294 Å². The van der Waals surface area contributed by atoms with Crippen molar-refractivity contribution in [2.45, 2.75) is 98.3 Å². The first-order valence-electron chi connectivity index (χ1n) is 17.1. The molecular formula is C45H49Cl2Zr. The summed E-state index contributed by atoms with van der Waals surface area (Å²) in [6.45, 7) is 23.3. The van der Waals surface area contributed by atoms with Crippen LogP contribution in [0.15, 0.2) is 91.0 Å². The van der Waals surface area contributed by atoms with Crippen molar-refractivity contribution in [2.75, 3.05) is 0 Å². The second-order valence-electron chi connectivity index (χ2n) is 16.0. The molecule has 0 saturated heterocycles. The van der Waals surface area contributed by atoms with Gasteiger partial charge in [0, 0.05) is 0 Å². The first-order valence-corrected chi connectivity index (χ1v) is 18.3. The van der Waals surface area contributed by atoms with E-state index in [9.17, 15) is 0 Å². The first-order chi connectivity index (χ1) is 21.7. The Balaban J connectivity index is 0.00000260. The second kappa shape index (κ2) is 14.4. The molecule has 48 heavy (non-hydrogen) atoms. The average molecular weight is 752 g/mol. The molecule has 0 unspecified atom stereocenters. The van der Waals surface area contributed by atoms with Crippen LogP contribution in [-0.2, 0) is 35.5 Å².